The number of nitrogens with zero attached hydrogens (tertiary/aromatic N) is 3. The van der Waals surface area contributed by atoms with Gasteiger partial charge in [0.15, 0.2) is 0 Å². The Morgan fingerprint density at radius 2 is 2.10 bits per heavy atom. The average Bonchev–Trinajstić information content (AvgIpc) is 2.45. The third-order valence-electron chi connectivity index (χ3n) is 3.01. The first-order valence-corrected chi connectivity index (χ1v) is 6.30. The van der Waals surface area contributed by atoms with E-state index < -0.39 is 6.04 Å². The molecular formula is C15H16N4O. The number of anilines is 1. The Morgan fingerprint density at radius 1 is 1.40 bits per heavy atom. The van der Waals surface area contributed by atoms with E-state index in [-0.39, 0.29) is 5.91 Å². The molecular weight excluding hydrogens is 252 g/mol. The molecule has 1 unspecified atom stereocenters. The minimum atomic E-state index is -0.398. The molecule has 1 heterocycles. The quantitative estimate of drug-likeness (QED) is 0.924. The van der Waals surface area contributed by atoms with E-state index in [1.807, 2.05) is 24.3 Å². The minimum absolute atomic E-state index is 0.0431. The summed E-state index contributed by atoms with van der Waals surface area (Å²) in [6, 6.07) is 10.9. The van der Waals surface area contributed by atoms with Gasteiger partial charge in [-0.15, -0.1) is 0 Å². The van der Waals surface area contributed by atoms with Gasteiger partial charge < -0.3 is 10.2 Å². The molecule has 2 aromatic rings. The Kier molecular flexibility index (Phi) is 3.85. The summed E-state index contributed by atoms with van der Waals surface area (Å²) in [7, 11) is 3.41. The molecule has 5 nitrogen and oxygen atoms in total. The minimum Gasteiger partial charge on any atom is -0.359 e. The van der Waals surface area contributed by atoms with Gasteiger partial charge in [0.1, 0.15) is 11.9 Å². The van der Waals surface area contributed by atoms with Crippen molar-refractivity contribution in [1.29, 1.82) is 5.26 Å². The lowest BCUT2D eigenvalue weighted by molar-refractivity contribution is -0.129. The van der Waals surface area contributed by atoms with Gasteiger partial charge in [-0.3, -0.25) is 4.79 Å². The predicted molar refractivity (Wildman–Crippen MR) is 78.2 cm³/mol. The van der Waals surface area contributed by atoms with E-state index >= 15 is 0 Å². The number of benzene rings is 1. The van der Waals surface area contributed by atoms with E-state index in [1.54, 1.807) is 27.1 Å². The van der Waals surface area contributed by atoms with Crippen molar-refractivity contribution in [3.63, 3.8) is 0 Å². The monoisotopic (exact) mass is 268 g/mol. The molecule has 0 radical (unpaired) electrons. The predicted octanol–water partition coefficient (Wildman–Crippen LogP) is 2.00. The van der Waals surface area contributed by atoms with Crippen molar-refractivity contribution >= 4 is 22.6 Å². The third kappa shape index (κ3) is 2.69. The second kappa shape index (κ2) is 5.57. The summed E-state index contributed by atoms with van der Waals surface area (Å²) in [6.07, 6.45) is 0. The average molecular weight is 268 g/mol. The number of aromatic nitrogens is 1. The Morgan fingerprint density at radius 3 is 2.75 bits per heavy atom. The van der Waals surface area contributed by atoms with Crippen LogP contribution in [0, 0.1) is 11.3 Å². The molecule has 0 aliphatic carbocycles. The summed E-state index contributed by atoms with van der Waals surface area (Å²) in [5, 5.41) is 13.1. The van der Waals surface area contributed by atoms with Gasteiger partial charge in [0.2, 0.25) is 5.91 Å². The maximum Gasteiger partial charge on any atom is 0.244 e. The number of pyridine rings is 1. The normalized spacial score (nSPS) is 11.7. The zero-order valence-corrected chi connectivity index (χ0v) is 11.7. The van der Waals surface area contributed by atoms with Crippen molar-refractivity contribution in [2.75, 3.05) is 19.4 Å². The first kappa shape index (κ1) is 13.8. The van der Waals surface area contributed by atoms with Gasteiger partial charge in [0.05, 0.1) is 17.1 Å². The van der Waals surface area contributed by atoms with Crippen LogP contribution in [0.15, 0.2) is 30.3 Å². The lowest BCUT2D eigenvalue weighted by atomic mass is 10.1. The number of rotatable bonds is 3. The summed E-state index contributed by atoms with van der Waals surface area (Å²) >= 11 is 0. The second-order valence-corrected chi connectivity index (χ2v) is 4.78. The van der Waals surface area contributed by atoms with E-state index in [9.17, 15) is 10.1 Å². The second-order valence-electron chi connectivity index (χ2n) is 4.78. The molecule has 1 amide bonds. The van der Waals surface area contributed by atoms with Crippen LogP contribution in [-0.4, -0.2) is 35.9 Å². The largest absolute Gasteiger partial charge is 0.359 e. The molecule has 0 fully saturated rings. The molecule has 0 aliphatic heterocycles. The first-order valence-electron chi connectivity index (χ1n) is 6.30. The van der Waals surface area contributed by atoms with Gasteiger partial charge in [-0.2, -0.15) is 5.26 Å². The highest BCUT2D eigenvalue weighted by Gasteiger charge is 2.15. The number of carbonyl (C=O) groups excluding carboxylic acids is 1. The van der Waals surface area contributed by atoms with Crippen molar-refractivity contribution in [3.8, 4) is 6.07 Å². The number of amides is 1. The molecule has 0 saturated carbocycles. The number of carbonyl (C=O) groups is 1. The molecule has 1 N–H and O–H groups in total. The summed E-state index contributed by atoms with van der Waals surface area (Å²) in [5.41, 5.74) is 1.28. The van der Waals surface area contributed by atoms with Crippen LogP contribution in [0.2, 0.25) is 0 Å². The molecule has 0 saturated heterocycles. The van der Waals surface area contributed by atoms with Gasteiger partial charge >= 0.3 is 0 Å². The van der Waals surface area contributed by atoms with Crippen molar-refractivity contribution in [2.24, 2.45) is 0 Å². The zero-order chi connectivity index (χ0) is 14.7. The summed E-state index contributed by atoms with van der Waals surface area (Å²) < 4.78 is 0. The first-order chi connectivity index (χ1) is 9.52. The van der Waals surface area contributed by atoms with E-state index in [1.165, 1.54) is 4.90 Å². The highest BCUT2D eigenvalue weighted by Crippen LogP contribution is 2.20. The molecule has 102 valence electrons. The van der Waals surface area contributed by atoms with Crippen LogP contribution in [0.5, 0.6) is 0 Å². The molecule has 20 heavy (non-hydrogen) atoms. The molecule has 1 aromatic carbocycles. The summed E-state index contributed by atoms with van der Waals surface area (Å²) in [6.45, 7) is 1.77. The highest BCUT2D eigenvalue weighted by atomic mass is 16.2. The number of hydrogen-bond donors (Lipinski definition) is 1. The fraction of sp³-hybridized carbons (Fsp3) is 0.267. The highest BCUT2D eigenvalue weighted by molar-refractivity contribution is 5.88. The zero-order valence-electron chi connectivity index (χ0n) is 11.7. The van der Waals surface area contributed by atoms with Crippen LogP contribution >= 0.6 is 0 Å². The number of likely N-dealkylation sites (N-methyl/N-ethyl adjacent to an activating group) is 1. The SMILES string of the molecule is CC(Nc1cc(C#N)c2ccccc2n1)C(=O)N(C)C. The number of fused-ring (bicyclic) bond motifs is 1. The van der Waals surface area contributed by atoms with Crippen molar-refractivity contribution in [2.45, 2.75) is 13.0 Å². The molecule has 0 bridgehead atoms. The van der Waals surface area contributed by atoms with E-state index in [0.29, 0.717) is 11.4 Å². The Bertz CT molecular complexity index is 688. The Balaban J connectivity index is 2.37. The number of hydrogen-bond acceptors (Lipinski definition) is 4. The number of nitriles is 1. The molecule has 1 aromatic heterocycles. The van der Waals surface area contributed by atoms with Crippen molar-refractivity contribution in [1.82, 2.24) is 9.88 Å². The van der Waals surface area contributed by atoms with Gasteiger partial charge in [-0.05, 0) is 19.1 Å². The topological polar surface area (TPSA) is 69.0 Å². The third-order valence-corrected chi connectivity index (χ3v) is 3.01. The fourth-order valence-electron chi connectivity index (χ4n) is 2.01. The van der Waals surface area contributed by atoms with Gasteiger partial charge in [-0.25, -0.2) is 4.98 Å². The molecule has 0 spiro atoms. The summed E-state index contributed by atoms with van der Waals surface area (Å²) in [5.74, 6) is 0.487. The van der Waals surface area contributed by atoms with Gasteiger partial charge in [-0.1, -0.05) is 18.2 Å². The molecule has 2 rings (SSSR count). The van der Waals surface area contributed by atoms with Gasteiger partial charge in [0.25, 0.3) is 0 Å². The lowest BCUT2D eigenvalue weighted by Gasteiger charge is -2.18. The lowest BCUT2D eigenvalue weighted by Crippen LogP contribution is -2.36. The Labute approximate surface area is 117 Å². The maximum atomic E-state index is 11.8. The smallest absolute Gasteiger partial charge is 0.244 e. The van der Waals surface area contributed by atoms with Crippen molar-refractivity contribution < 1.29 is 4.79 Å². The van der Waals surface area contributed by atoms with E-state index in [0.717, 1.165) is 10.9 Å². The Hall–Kier alpha value is -2.61. The number of nitrogens with one attached hydrogen (secondary N) is 1. The number of para-hydroxylation sites is 1. The van der Waals surface area contributed by atoms with E-state index in [4.69, 9.17) is 0 Å². The van der Waals surface area contributed by atoms with E-state index in [2.05, 4.69) is 16.4 Å². The van der Waals surface area contributed by atoms with Crippen LogP contribution in [0.4, 0.5) is 5.82 Å². The van der Waals surface area contributed by atoms with Gasteiger partial charge in [0, 0.05) is 19.5 Å². The summed E-state index contributed by atoms with van der Waals surface area (Å²) in [4.78, 5) is 17.8. The molecule has 5 heteroatoms. The molecule has 1 atom stereocenters. The van der Waals surface area contributed by atoms with Crippen LogP contribution in [0.1, 0.15) is 12.5 Å². The van der Waals surface area contributed by atoms with Crippen LogP contribution in [0.3, 0.4) is 0 Å². The van der Waals surface area contributed by atoms with Crippen molar-refractivity contribution in [3.05, 3.63) is 35.9 Å². The fourth-order valence-corrected chi connectivity index (χ4v) is 2.01. The maximum absolute atomic E-state index is 11.8. The van der Waals surface area contributed by atoms with Crippen LogP contribution < -0.4 is 5.32 Å². The standard InChI is InChI=1S/C15H16N4O/c1-10(15(20)19(2)3)17-14-8-11(9-16)12-6-4-5-7-13(12)18-14/h4-8,10H,1-3H3,(H,17,18). The van der Waals surface area contributed by atoms with Crippen LogP contribution in [-0.2, 0) is 4.79 Å². The molecule has 0 aliphatic rings. The van der Waals surface area contributed by atoms with Crippen LogP contribution in [0.25, 0.3) is 10.9 Å².